The van der Waals surface area contributed by atoms with Crippen molar-refractivity contribution in [1.29, 1.82) is 5.26 Å². The minimum absolute atomic E-state index is 0.0972. The maximum absolute atomic E-state index is 11.0. The van der Waals surface area contributed by atoms with Crippen LogP contribution in [-0.4, -0.2) is 18.2 Å². The third-order valence-electron chi connectivity index (χ3n) is 1.35. The number of carbonyl (C=O) groups is 1. The summed E-state index contributed by atoms with van der Waals surface area (Å²) in [4.78, 5) is 11.0. The summed E-state index contributed by atoms with van der Waals surface area (Å²) in [6.45, 7) is 1.57. The molecule has 0 aliphatic heterocycles. The van der Waals surface area contributed by atoms with Gasteiger partial charge < -0.3 is 9.26 Å². The summed E-state index contributed by atoms with van der Waals surface area (Å²) in [5, 5.41) is 11.9. The quantitative estimate of drug-likeness (QED) is 0.572. The lowest BCUT2D eigenvalue weighted by Crippen LogP contribution is -2.03. The van der Waals surface area contributed by atoms with Crippen LogP contribution in [0.15, 0.2) is 4.52 Å². The smallest absolute Gasteiger partial charge is 0.344 e. The molecule has 0 spiro atoms. The summed E-state index contributed by atoms with van der Waals surface area (Å²) in [6, 6.07) is 1.70. The average Bonchev–Trinajstić information content (AvgIpc) is 2.45. The first kappa shape index (κ1) is 8.27. The fraction of sp³-hybridized carbons (Fsp3) is 0.286. The number of hydrogen-bond acceptors (Lipinski definition) is 5. The third-order valence-corrected chi connectivity index (χ3v) is 1.35. The largest absolute Gasteiger partial charge is 0.465 e. The van der Waals surface area contributed by atoms with E-state index in [0.717, 1.165) is 0 Å². The van der Waals surface area contributed by atoms with Crippen LogP contribution in [0.1, 0.15) is 21.8 Å². The Hall–Kier alpha value is -1.83. The Morgan fingerprint density at radius 3 is 2.92 bits per heavy atom. The second-order valence-electron chi connectivity index (χ2n) is 2.08. The van der Waals surface area contributed by atoms with Crippen LogP contribution in [0.25, 0.3) is 0 Å². The van der Waals surface area contributed by atoms with Crippen LogP contribution in [0, 0.1) is 18.3 Å². The number of ether oxygens (including phenoxy) is 1. The fourth-order valence-corrected chi connectivity index (χ4v) is 0.788. The molecule has 0 bridgehead atoms. The normalized spacial score (nSPS) is 9.08. The minimum Gasteiger partial charge on any atom is -0.465 e. The molecule has 1 aromatic rings. The first-order valence-electron chi connectivity index (χ1n) is 3.15. The van der Waals surface area contributed by atoms with Gasteiger partial charge >= 0.3 is 5.97 Å². The lowest BCUT2D eigenvalue weighted by molar-refractivity contribution is 0.0599. The van der Waals surface area contributed by atoms with Gasteiger partial charge in [-0.25, -0.2) is 4.79 Å². The molecule has 0 saturated carbocycles. The standard InChI is InChI=1S/C7H6N2O3/c1-4-6(7(10)11-2)5(3-8)12-9-4/h1-2H3. The number of methoxy groups -OCH3 is 1. The predicted octanol–water partition coefficient (Wildman–Crippen LogP) is 0.641. The molecule has 0 aliphatic rings. The Morgan fingerprint density at radius 2 is 2.42 bits per heavy atom. The van der Waals surface area contributed by atoms with Gasteiger partial charge in [0, 0.05) is 0 Å². The fourth-order valence-electron chi connectivity index (χ4n) is 0.788. The maximum atomic E-state index is 11.0. The molecule has 1 aromatic heterocycles. The van der Waals surface area contributed by atoms with Gasteiger partial charge in [0.1, 0.15) is 11.6 Å². The summed E-state index contributed by atoms with van der Waals surface area (Å²) >= 11 is 0. The second-order valence-corrected chi connectivity index (χ2v) is 2.08. The van der Waals surface area contributed by atoms with Gasteiger partial charge in [-0.2, -0.15) is 5.26 Å². The Kier molecular flexibility index (Phi) is 2.10. The van der Waals surface area contributed by atoms with Gasteiger partial charge in [0.25, 0.3) is 5.76 Å². The molecular weight excluding hydrogens is 160 g/mol. The van der Waals surface area contributed by atoms with Crippen molar-refractivity contribution in [2.75, 3.05) is 7.11 Å². The summed E-state index contributed by atoms with van der Waals surface area (Å²) in [5.41, 5.74) is 0.457. The number of rotatable bonds is 1. The summed E-state index contributed by atoms with van der Waals surface area (Å²) in [7, 11) is 1.23. The van der Waals surface area contributed by atoms with E-state index < -0.39 is 5.97 Å². The molecule has 0 amide bonds. The minimum atomic E-state index is -0.606. The molecule has 0 fully saturated rings. The molecular formula is C7H6N2O3. The van der Waals surface area contributed by atoms with E-state index in [2.05, 4.69) is 14.4 Å². The van der Waals surface area contributed by atoms with Gasteiger partial charge in [-0.05, 0) is 6.92 Å². The molecule has 0 saturated heterocycles. The SMILES string of the molecule is COC(=O)c1c(C)noc1C#N. The van der Waals surface area contributed by atoms with Crippen molar-refractivity contribution in [2.24, 2.45) is 0 Å². The van der Waals surface area contributed by atoms with E-state index in [9.17, 15) is 4.79 Å². The predicted molar refractivity (Wildman–Crippen MR) is 37.3 cm³/mol. The van der Waals surface area contributed by atoms with E-state index in [4.69, 9.17) is 5.26 Å². The van der Waals surface area contributed by atoms with Gasteiger partial charge in [-0.1, -0.05) is 5.16 Å². The number of hydrogen-bond donors (Lipinski definition) is 0. The summed E-state index contributed by atoms with van der Waals surface area (Å²) in [5.74, 6) is -0.718. The van der Waals surface area contributed by atoms with Gasteiger partial charge in [0.05, 0.1) is 12.8 Å². The molecule has 0 aliphatic carbocycles. The number of aryl methyl sites for hydroxylation is 1. The zero-order valence-corrected chi connectivity index (χ0v) is 6.62. The zero-order chi connectivity index (χ0) is 9.14. The molecule has 5 heteroatoms. The Balaban J connectivity index is 3.21. The van der Waals surface area contributed by atoms with Gasteiger partial charge in [-0.15, -0.1) is 0 Å². The van der Waals surface area contributed by atoms with Crippen LogP contribution in [0.5, 0.6) is 0 Å². The highest BCUT2D eigenvalue weighted by molar-refractivity contribution is 5.92. The van der Waals surface area contributed by atoms with Crippen LogP contribution in [0.2, 0.25) is 0 Å². The molecule has 1 heterocycles. The number of esters is 1. The van der Waals surface area contributed by atoms with Crippen molar-refractivity contribution >= 4 is 5.97 Å². The molecule has 0 atom stereocenters. The highest BCUT2D eigenvalue weighted by atomic mass is 16.5. The van der Waals surface area contributed by atoms with Crippen molar-refractivity contribution in [3.8, 4) is 6.07 Å². The Bertz CT molecular complexity index is 348. The van der Waals surface area contributed by atoms with E-state index in [1.807, 2.05) is 0 Å². The van der Waals surface area contributed by atoms with E-state index in [-0.39, 0.29) is 11.3 Å². The van der Waals surface area contributed by atoms with Crippen LogP contribution >= 0.6 is 0 Å². The van der Waals surface area contributed by atoms with Gasteiger partial charge in [-0.3, -0.25) is 0 Å². The third kappa shape index (κ3) is 1.14. The lowest BCUT2D eigenvalue weighted by atomic mass is 10.2. The summed E-state index contributed by atoms with van der Waals surface area (Å²) in [6.07, 6.45) is 0. The first-order chi connectivity index (χ1) is 5.70. The second kappa shape index (κ2) is 3.05. The molecule has 0 radical (unpaired) electrons. The monoisotopic (exact) mass is 166 g/mol. The van der Waals surface area contributed by atoms with Crippen LogP contribution in [0.3, 0.4) is 0 Å². The van der Waals surface area contributed by atoms with Crippen molar-refractivity contribution in [3.63, 3.8) is 0 Å². The van der Waals surface area contributed by atoms with Gasteiger partial charge in [0.2, 0.25) is 0 Å². The number of aromatic nitrogens is 1. The molecule has 12 heavy (non-hydrogen) atoms. The summed E-state index contributed by atoms with van der Waals surface area (Å²) < 4.78 is 8.98. The van der Waals surface area contributed by atoms with Crippen molar-refractivity contribution in [2.45, 2.75) is 6.92 Å². The van der Waals surface area contributed by atoms with E-state index in [1.165, 1.54) is 7.11 Å². The van der Waals surface area contributed by atoms with Crippen molar-refractivity contribution < 1.29 is 14.1 Å². The number of nitrogens with zero attached hydrogens (tertiary/aromatic N) is 2. The maximum Gasteiger partial charge on any atom is 0.344 e. The number of nitriles is 1. The van der Waals surface area contributed by atoms with Gasteiger partial charge in [0.15, 0.2) is 0 Å². The molecule has 1 rings (SSSR count). The van der Waals surface area contributed by atoms with Crippen LogP contribution in [-0.2, 0) is 4.74 Å². The van der Waals surface area contributed by atoms with Crippen molar-refractivity contribution in [3.05, 3.63) is 17.0 Å². The molecule has 62 valence electrons. The molecule has 0 unspecified atom stereocenters. The Morgan fingerprint density at radius 1 is 1.75 bits per heavy atom. The first-order valence-corrected chi connectivity index (χ1v) is 3.15. The number of carbonyl (C=O) groups excluding carboxylic acids is 1. The molecule has 0 aromatic carbocycles. The Labute approximate surface area is 68.5 Å². The van der Waals surface area contributed by atoms with Crippen LogP contribution < -0.4 is 0 Å². The molecule has 0 N–H and O–H groups in total. The topological polar surface area (TPSA) is 76.1 Å². The van der Waals surface area contributed by atoms with Crippen LogP contribution in [0.4, 0.5) is 0 Å². The average molecular weight is 166 g/mol. The zero-order valence-electron chi connectivity index (χ0n) is 6.62. The lowest BCUT2D eigenvalue weighted by Gasteiger charge is -1.93. The van der Waals surface area contributed by atoms with E-state index >= 15 is 0 Å². The van der Waals surface area contributed by atoms with E-state index in [0.29, 0.717) is 5.69 Å². The van der Waals surface area contributed by atoms with Crippen molar-refractivity contribution in [1.82, 2.24) is 5.16 Å². The van der Waals surface area contributed by atoms with E-state index in [1.54, 1.807) is 13.0 Å². The molecule has 5 nitrogen and oxygen atoms in total. The highest BCUT2D eigenvalue weighted by Crippen LogP contribution is 2.12. The highest BCUT2D eigenvalue weighted by Gasteiger charge is 2.20.